The highest BCUT2D eigenvalue weighted by Gasteiger charge is 2.29. The van der Waals surface area contributed by atoms with Crippen molar-refractivity contribution in [3.8, 4) is 16.9 Å². The maximum absolute atomic E-state index is 14.7. The molecule has 3 heterocycles. The lowest BCUT2D eigenvalue weighted by Crippen LogP contribution is -2.26. The summed E-state index contributed by atoms with van der Waals surface area (Å²) in [6.45, 7) is 0. The molecule has 2 aromatic heterocycles. The first-order valence-corrected chi connectivity index (χ1v) is 9.17. The molecule has 0 N–H and O–H groups in total. The van der Waals surface area contributed by atoms with Crippen LogP contribution in [0.2, 0.25) is 0 Å². The first-order chi connectivity index (χ1) is 13.6. The molecule has 2 aromatic carbocycles. The van der Waals surface area contributed by atoms with Crippen molar-refractivity contribution < 1.29 is 4.39 Å². The highest BCUT2D eigenvalue weighted by molar-refractivity contribution is 5.61. The van der Waals surface area contributed by atoms with Gasteiger partial charge in [0.1, 0.15) is 11.6 Å². The Balaban J connectivity index is 1.55. The Hall–Kier alpha value is -3.48. The third-order valence-corrected chi connectivity index (χ3v) is 5.20. The molecule has 0 saturated carbocycles. The Labute approximate surface area is 160 Å². The van der Waals surface area contributed by atoms with Crippen molar-refractivity contribution in [1.82, 2.24) is 24.1 Å². The van der Waals surface area contributed by atoms with Crippen LogP contribution in [0.4, 0.5) is 4.39 Å². The fourth-order valence-electron chi connectivity index (χ4n) is 3.86. The normalized spacial score (nSPS) is 15.7. The van der Waals surface area contributed by atoms with Crippen molar-refractivity contribution in [3.63, 3.8) is 0 Å². The van der Waals surface area contributed by atoms with E-state index in [0.717, 1.165) is 24.2 Å². The van der Waals surface area contributed by atoms with E-state index < -0.39 is 5.82 Å². The Bertz CT molecular complexity index is 1220. The maximum Gasteiger partial charge on any atom is 0.351 e. The molecule has 28 heavy (non-hydrogen) atoms. The third-order valence-electron chi connectivity index (χ3n) is 5.20. The van der Waals surface area contributed by atoms with Crippen LogP contribution in [0.25, 0.3) is 16.9 Å². The number of aryl methyl sites for hydroxylation is 2. The highest BCUT2D eigenvalue weighted by Crippen LogP contribution is 2.30. The van der Waals surface area contributed by atoms with Crippen molar-refractivity contribution in [2.75, 3.05) is 0 Å². The fourth-order valence-corrected chi connectivity index (χ4v) is 3.86. The van der Waals surface area contributed by atoms with Gasteiger partial charge in [0, 0.05) is 31.3 Å². The van der Waals surface area contributed by atoms with Gasteiger partial charge in [-0.25, -0.2) is 9.18 Å². The zero-order valence-corrected chi connectivity index (χ0v) is 15.3. The molecule has 7 heteroatoms. The van der Waals surface area contributed by atoms with E-state index >= 15 is 0 Å². The van der Waals surface area contributed by atoms with Crippen molar-refractivity contribution in [3.05, 3.63) is 88.5 Å². The number of hydrogen-bond donors (Lipinski definition) is 0. The quantitative estimate of drug-likeness (QED) is 0.553. The van der Waals surface area contributed by atoms with Gasteiger partial charge in [-0.3, -0.25) is 9.25 Å². The minimum absolute atomic E-state index is 0.0323. The van der Waals surface area contributed by atoms with Crippen molar-refractivity contribution in [2.45, 2.75) is 18.9 Å². The number of nitrogens with zero attached hydrogens (tertiary/aromatic N) is 5. The summed E-state index contributed by atoms with van der Waals surface area (Å²) in [5.41, 5.74) is 2.20. The second-order valence-electron chi connectivity index (χ2n) is 6.98. The van der Waals surface area contributed by atoms with Gasteiger partial charge in [0.05, 0.1) is 17.4 Å². The number of aromatic nitrogens is 5. The number of rotatable bonds is 3. The molecule has 0 amide bonds. The average molecular weight is 375 g/mol. The topological polar surface area (TPSA) is 57.6 Å². The van der Waals surface area contributed by atoms with Crippen LogP contribution in [-0.2, 0) is 13.5 Å². The number of benzene rings is 2. The second kappa shape index (κ2) is 6.30. The molecular formula is C21H18FN5O. The largest absolute Gasteiger partial charge is 0.351 e. The van der Waals surface area contributed by atoms with Gasteiger partial charge in [0.2, 0.25) is 0 Å². The summed E-state index contributed by atoms with van der Waals surface area (Å²) in [6.07, 6.45) is 3.32. The van der Waals surface area contributed by atoms with E-state index in [0.29, 0.717) is 16.9 Å². The van der Waals surface area contributed by atoms with Gasteiger partial charge < -0.3 is 0 Å². The molecule has 0 unspecified atom stereocenters. The van der Waals surface area contributed by atoms with E-state index in [4.69, 9.17) is 0 Å². The average Bonchev–Trinajstić information content (AvgIpc) is 3.39. The summed E-state index contributed by atoms with van der Waals surface area (Å²) in [5, 5.41) is 8.70. The molecule has 0 fully saturated rings. The lowest BCUT2D eigenvalue weighted by Gasteiger charge is -2.12. The zero-order chi connectivity index (χ0) is 19.3. The first kappa shape index (κ1) is 16.7. The standard InChI is InChI=1S/C21H18FN5O/c1-25-12-11-18(23-25)16-8-7-15(13-17(16)22)27-21(28)26-19(9-10-20(26)24-27)14-5-3-2-4-6-14/h2-8,11-13,19H,9-10H2,1H3/t19-/m0/s1. The van der Waals surface area contributed by atoms with Gasteiger partial charge in [-0.05, 0) is 30.2 Å². The molecule has 140 valence electrons. The molecule has 0 radical (unpaired) electrons. The van der Waals surface area contributed by atoms with E-state index in [2.05, 4.69) is 10.2 Å². The minimum atomic E-state index is -0.434. The maximum atomic E-state index is 14.7. The van der Waals surface area contributed by atoms with Gasteiger partial charge in [-0.1, -0.05) is 30.3 Å². The SMILES string of the molecule is Cn1ccc(-c2ccc(-n3nc4n(c3=O)[C@H](c3ccccc3)CC4)cc2F)n1. The van der Waals surface area contributed by atoms with Crippen LogP contribution in [0.5, 0.6) is 0 Å². The van der Waals surface area contributed by atoms with Crippen LogP contribution in [0, 0.1) is 5.82 Å². The van der Waals surface area contributed by atoms with Crippen LogP contribution < -0.4 is 5.69 Å². The van der Waals surface area contributed by atoms with E-state index in [9.17, 15) is 9.18 Å². The van der Waals surface area contributed by atoms with E-state index in [-0.39, 0.29) is 11.7 Å². The van der Waals surface area contributed by atoms with E-state index in [1.165, 1.54) is 10.7 Å². The molecule has 0 spiro atoms. The summed E-state index contributed by atoms with van der Waals surface area (Å²) in [6, 6.07) is 16.3. The Morgan fingerprint density at radius 2 is 1.89 bits per heavy atom. The summed E-state index contributed by atoms with van der Waals surface area (Å²) in [4.78, 5) is 13.0. The van der Waals surface area contributed by atoms with Gasteiger partial charge in [0.25, 0.3) is 0 Å². The van der Waals surface area contributed by atoms with Gasteiger partial charge in [-0.2, -0.15) is 9.78 Å². The lowest BCUT2D eigenvalue weighted by atomic mass is 10.1. The smallest absolute Gasteiger partial charge is 0.275 e. The van der Waals surface area contributed by atoms with Crippen LogP contribution >= 0.6 is 0 Å². The predicted molar refractivity (Wildman–Crippen MR) is 103 cm³/mol. The van der Waals surface area contributed by atoms with Crippen LogP contribution in [0.1, 0.15) is 23.9 Å². The van der Waals surface area contributed by atoms with Crippen LogP contribution in [0.15, 0.2) is 65.6 Å². The summed E-state index contributed by atoms with van der Waals surface area (Å²) in [7, 11) is 1.78. The molecule has 1 aliphatic rings. The molecule has 6 nitrogen and oxygen atoms in total. The molecule has 4 aromatic rings. The highest BCUT2D eigenvalue weighted by atomic mass is 19.1. The number of hydrogen-bond acceptors (Lipinski definition) is 3. The second-order valence-corrected chi connectivity index (χ2v) is 6.98. The van der Waals surface area contributed by atoms with Crippen LogP contribution in [0.3, 0.4) is 0 Å². The summed E-state index contributed by atoms with van der Waals surface area (Å²) < 4.78 is 19.3. The Kier molecular flexibility index (Phi) is 3.75. The van der Waals surface area contributed by atoms with Gasteiger partial charge in [-0.15, -0.1) is 5.10 Å². The molecule has 1 aliphatic heterocycles. The first-order valence-electron chi connectivity index (χ1n) is 9.17. The van der Waals surface area contributed by atoms with Crippen molar-refractivity contribution in [2.24, 2.45) is 7.05 Å². The summed E-state index contributed by atoms with van der Waals surface area (Å²) >= 11 is 0. The van der Waals surface area contributed by atoms with Crippen molar-refractivity contribution >= 4 is 0 Å². The zero-order valence-electron chi connectivity index (χ0n) is 15.3. The molecule has 0 aliphatic carbocycles. The third kappa shape index (κ3) is 2.58. The van der Waals surface area contributed by atoms with Gasteiger partial charge >= 0.3 is 5.69 Å². The monoisotopic (exact) mass is 375 g/mol. The Morgan fingerprint density at radius 3 is 2.61 bits per heavy atom. The molecular weight excluding hydrogens is 357 g/mol. The predicted octanol–water partition coefficient (Wildman–Crippen LogP) is 3.11. The Morgan fingerprint density at radius 1 is 1.07 bits per heavy atom. The fraction of sp³-hybridized carbons (Fsp3) is 0.190. The summed E-state index contributed by atoms with van der Waals surface area (Å²) in [5.74, 6) is 0.295. The molecule has 0 saturated heterocycles. The number of halogens is 1. The van der Waals surface area contributed by atoms with Crippen LogP contribution in [-0.4, -0.2) is 24.1 Å². The molecule has 0 bridgehead atoms. The van der Waals surface area contributed by atoms with Gasteiger partial charge in [0.15, 0.2) is 0 Å². The molecule has 5 rings (SSSR count). The minimum Gasteiger partial charge on any atom is -0.275 e. The van der Waals surface area contributed by atoms with E-state index in [1.54, 1.807) is 40.7 Å². The van der Waals surface area contributed by atoms with E-state index in [1.807, 2.05) is 30.3 Å². The lowest BCUT2D eigenvalue weighted by molar-refractivity contribution is 0.586. The van der Waals surface area contributed by atoms with Crippen molar-refractivity contribution in [1.29, 1.82) is 0 Å². The number of fused-ring (bicyclic) bond motifs is 1. The molecule has 1 atom stereocenters.